The van der Waals surface area contributed by atoms with E-state index < -0.39 is 0 Å². The third-order valence-electron chi connectivity index (χ3n) is 4.78. The molecule has 142 valence electrons. The molecule has 0 saturated carbocycles. The summed E-state index contributed by atoms with van der Waals surface area (Å²) in [6.07, 6.45) is 1.88. The van der Waals surface area contributed by atoms with Crippen LogP contribution in [0.2, 0.25) is 0 Å². The van der Waals surface area contributed by atoms with Gasteiger partial charge in [0, 0.05) is 83.4 Å². The molecule has 6 nitrogen and oxygen atoms in total. The zero-order valence-electron chi connectivity index (χ0n) is 14.5. The molecule has 2 fully saturated rings. The zero-order valence-corrected chi connectivity index (χ0v) is 16.8. The fraction of sp³-hybridized carbons (Fsp3) is 0.750. The van der Waals surface area contributed by atoms with E-state index in [4.69, 9.17) is 28.2 Å². The molecule has 0 radical (unpaired) electrons. The predicted molar refractivity (Wildman–Crippen MR) is 108 cm³/mol. The van der Waals surface area contributed by atoms with Crippen molar-refractivity contribution in [2.24, 2.45) is 0 Å². The Hall–Kier alpha value is -0.530. The third kappa shape index (κ3) is 5.73. The van der Waals surface area contributed by atoms with Gasteiger partial charge in [-0.3, -0.25) is 9.80 Å². The van der Waals surface area contributed by atoms with E-state index in [1.54, 1.807) is 0 Å². The fourth-order valence-electron chi connectivity index (χ4n) is 3.28. The second-order valence-electron chi connectivity index (χ2n) is 6.25. The van der Waals surface area contributed by atoms with Gasteiger partial charge in [0.15, 0.2) is 0 Å². The number of anilines is 2. The molecule has 2 saturated heterocycles. The summed E-state index contributed by atoms with van der Waals surface area (Å²) < 4.78 is 0. The number of aromatic nitrogens is 2. The largest absolute Gasteiger partial charge is 0.354 e. The smallest absolute Gasteiger partial charge is 0.227 e. The van der Waals surface area contributed by atoms with Crippen molar-refractivity contribution in [1.29, 1.82) is 0 Å². The molecule has 9 heteroatoms. The van der Waals surface area contributed by atoms with Gasteiger partial charge in [-0.25, -0.2) is 4.98 Å². The minimum Gasteiger partial charge on any atom is -0.354 e. The molecule has 1 aromatic heterocycles. The lowest BCUT2D eigenvalue weighted by molar-refractivity contribution is 0.270. The first-order valence-electron chi connectivity index (χ1n) is 8.70. The summed E-state index contributed by atoms with van der Waals surface area (Å²) in [5.41, 5.74) is 0. The first kappa shape index (κ1) is 20.8. The van der Waals surface area contributed by atoms with E-state index in [0.29, 0.717) is 11.8 Å². The number of nitrogens with zero attached hydrogens (tertiary/aromatic N) is 6. The highest BCUT2D eigenvalue weighted by atomic mass is 35.5. The molecule has 0 aromatic carbocycles. The molecule has 3 rings (SSSR count). The highest BCUT2D eigenvalue weighted by Gasteiger charge is 2.21. The SMILES string of the molecule is Cl.ClCCN1CCN(c2ccnc(N3CCN(CCCl)CC3)n2)CC1. The van der Waals surface area contributed by atoms with Crippen LogP contribution < -0.4 is 9.80 Å². The van der Waals surface area contributed by atoms with E-state index >= 15 is 0 Å². The van der Waals surface area contributed by atoms with Crippen molar-refractivity contribution in [2.75, 3.05) is 87.0 Å². The number of hydrogen-bond donors (Lipinski definition) is 0. The summed E-state index contributed by atoms with van der Waals surface area (Å²) in [7, 11) is 0. The molecule has 0 aliphatic carbocycles. The normalized spacial score (nSPS) is 19.8. The maximum absolute atomic E-state index is 5.83. The Kier molecular flexibility index (Phi) is 8.79. The molecular formula is C16H27Cl3N6. The Morgan fingerprint density at radius 1 is 0.800 bits per heavy atom. The minimum absolute atomic E-state index is 0. The van der Waals surface area contributed by atoms with Crippen LogP contribution in [0.1, 0.15) is 0 Å². The summed E-state index contributed by atoms with van der Waals surface area (Å²) >= 11 is 11.7. The molecule has 1 aromatic rings. The number of alkyl halides is 2. The molecule has 0 bridgehead atoms. The van der Waals surface area contributed by atoms with Crippen LogP contribution in [0.4, 0.5) is 11.8 Å². The fourth-order valence-corrected chi connectivity index (χ4v) is 3.76. The number of halogens is 3. The van der Waals surface area contributed by atoms with E-state index in [9.17, 15) is 0 Å². The molecule has 0 unspecified atom stereocenters. The second-order valence-corrected chi connectivity index (χ2v) is 7.01. The maximum Gasteiger partial charge on any atom is 0.227 e. The van der Waals surface area contributed by atoms with Crippen molar-refractivity contribution in [3.05, 3.63) is 12.3 Å². The van der Waals surface area contributed by atoms with Crippen molar-refractivity contribution in [3.8, 4) is 0 Å². The van der Waals surface area contributed by atoms with Crippen LogP contribution in [-0.2, 0) is 0 Å². The first-order valence-corrected chi connectivity index (χ1v) is 9.76. The summed E-state index contributed by atoms with van der Waals surface area (Å²) in [6, 6.07) is 2.02. The second kappa shape index (κ2) is 10.6. The molecule has 2 aliphatic rings. The topological polar surface area (TPSA) is 38.7 Å². The van der Waals surface area contributed by atoms with Gasteiger partial charge in [0.1, 0.15) is 5.82 Å². The van der Waals surface area contributed by atoms with Gasteiger partial charge in [-0.05, 0) is 6.07 Å². The lowest BCUT2D eigenvalue weighted by Gasteiger charge is -2.36. The highest BCUT2D eigenvalue weighted by Crippen LogP contribution is 2.18. The Labute approximate surface area is 166 Å². The summed E-state index contributed by atoms with van der Waals surface area (Å²) in [5.74, 6) is 3.28. The average molecular weight is 410 g/mol. The number of hydrogen-bond acceptors (Lipinski definition) is 6. The number of piperazine rings is 2. The van der Waals surface area contributed by atoms with Gasteiger partial charge in [-0.15, -0.1) is 35.6 Å². The van der Waals surface area contributed by atoms with Crippen molar-refractivity contribution >= 4 is 47.4 Å². The predicted octanol–water partition coefficient (Wildman–Crippen LogP) is 1.62. The van der Waals surface area contributed by atoms with Gasteiger partial charge in [-0.1, -0.05) is 0 Å². The Bertz CT molecular complexity index is 463. The van der Waals surface area contributed by atoms with Gasteiger partial charge < -0.3 is 9.80 Å². The average Bonchev–Trinajstić information content (AvgIpc) is 2.64. The van der Waals surface area contributed by atoms with Crippen LogP contribution in [-0.4, -0.2) is 97.0 Å². The Morgan fingerprint density at radius 3 is 1.84 bits per heavy atom. The van der Waals surface area contributed by atoms with Crippen LogP contribution in [0.15, 0.2) is 12.3 Å². The Morgan fingerprint density at radius 2 is 1.32 bits per heavy atom. The Balaban J connectivity index is 0.00000225. The van der Waals surface area contributed by atoms with E-state index in [1.165, 1.54) is 0 Å². The van der Waals surface area contributed by atoms with Crippen LogP contribution >= 0.6 is 35.6 Å². The summed E-state index contributed by atoms with van der Waals surface area (Å²) in [4.78, 5) is 18.7. The van der Waals surface area contributed by atoms with Crippen LogP contribution in [0.3, 0.4) is 0 Å². The van der Waals surface area contributed by atoms with E-state index in [2.05, 4.69) is 24.6 Å². The molecule has 0 spiro atoms. The minimum atomic E-state index is 0. The van der Waals surface area contributed by atoms with Gasteiger partial charge in [0.25, 0.3) is 0 Å². The maximum atomic E-state index is 5.83. The first-order chi connectivity index (χ1) is 11.8. The summed E-state index contributed by atoms with van der Waals surface area (Å²) in [6.45, 7) is 9.99. The third-order valence-corrected chi connectivity index (χ3v) is 5.12. The monoisotopic (exact) mass is 408 g/mol. The van der Waals surface area contributed by atoms with Gasteiger partial charge >= 0.3 is 0 Å². The van der Waals surface area contributed by atoms with Crippen LogP contribution in [0, 0.1) is 0 Å². The van der Waals surface area contributed by atoms with Crippen molar-refractivity contribution in [3.63, 3.8) is 0 Å². The van der Waals surface area contributed by atoms with Crippen LogP contribution in [0.25, 0.3) is 0 Å². The summed E-state index contributed by atoms with van der Waals surface area (Å²) in [5, 5.41) is 0. The van der Waals surface area contributed by atoms with Gasteiger partial charge in [-0.2, -0.15) is 4.98 Å². The molecule has 0 amide bonds. The van der Waals surface area contributed by atoms with Gasteiger partial charge in [0.05, 0.1) is 0 Å². The molecule has 0 N–H and O–H groups in total. The lowest BCUT2D eigenvalue weighted by Crippen LogP contribution is -2.48. The lowest BCUT2D eigenvalue weighted by atomic mass is 10.3. The van der Waals surface area contributed by atoms with E-state index in [0.717, 1.165) is 77.2 Å². The standard InChI is InChI=1S/C16H26Cl2N6.ClH/c17-2-5-21-7-11-23(12-8-21)15-1-4-19-16(20-15)24-13-9-22(6-3-18)10-14-24;/h1,4H,2-3,5-14H2;1H. The highest BCUT2D eigenvalue weighted by molar-refractivity contribution is 6.18. The van der Waals surface area contributed by atoms with Crippen molar-refractivity contribution < 1.29 is 0 Å². The molecule has 25 heavy (non-hydrogen) atoms. The van der Waals surface area contributed by atoms with Crippen molar-refractivity contribution in [1.82, 2.24) is 19.8 Å². The van der Waals surface area contributed by atoms with Crippen LogP contribution in [0.5, 0.6) is 0 Å². The van der Waals surface area contributed by atoms with E-state index in [-0.39, 0.29) is 12.4 Å². The molecule has 3 heterocycles. The molecule has 0 atom stereocenters. The molecular weight excluding hydrogens is 383 g/mol. The van der Waals surface area contributed by atoms with Crippen molar-refractivity contribution in [2.45, 2.75) is 0 Å². The number of rotatable bonds is 6. The van der Waals surface area contributed by atoms with Gasteiger partial charge in [0.2, 0.25) is 5.95 Å². The molecule has 2 aliphatic heterocycles. The van der Waals surface area contributed by atoms with E-state index in [1.807, 2.05) is 12.3 Å². The quantitative estimate of drug-likeness (QED) is 0.665. The zero-order chi connectivity index (χ0) is 16.8.